The molecule has 8 nitrogen and oxygen atoms in total. The van der Waals surface area contributed by atoms with Crippen molar-refractivity contribution in [2.24, 2.45) is 0 Å². The topological polar surface area (TPSA) is 78.2 Å². The van der Waals surface area contributed by atoms with Gasteiger partial charge in [-0.2, -0.15) is 0 Å². The van der Waals surface area contributed by atoms with Crippen molar-refractivity contribution in [1.82, 2.24) is 14.5 Å². The highest BCUT2D eigenvalue weighted by atomic mass is 19.2. The monoisotopic (exact) mass is 517 g/mol. The van der Waals surface area contributed by atoms with Crippen LogP contribution in [0, 0.1) is 11.6 Å². The number of ether oxygens (including phenoxy) is 4. The van der Waals surface area contributed by atoms with Gasteiger partial charge in [0.15, 0.2) is 23.1 Å². The van der Waals surface area contributed by atoms with E-state index in [4.69, 9.17) is 18.9 Å². The van der Waals surface area contributed by atoms with Gasteiger partial charge in [0.1, 0.15) is 30.4 Å². The number of methoxy groups -OCH3 is 1. The number of aryl methyl sites for hydroxylation is 1. The number of aliphatic hydroxyl groups is 1. The molecule has 2 aromatic carbocycles. The van der Waals surface area contributed by atoms with Gasteiger partial charge in [0.05, 0.1) is 26.9 Å². The maximum atomic E-state index is 13.5. The molecule has 0 saturated carbocycles. The van der Waals surface area contributed by atoms with Crippen LogP contribution in [0.15, 0.2) is 48.8 Å². The van der Waals surface area contributed by atoms with Gasteiger partial charge in [-0.05, 0) is 29.8 Å². The summed E-state index contributed by atoms with van der Waals surface area (Å²) in [5.41, 5.74) is -0.336. The van der Waals surface area contributed by atoms with Crippen molar-refractivity contribution in [2.45, 2.75) is 32.0 Å². The molecule has 0 spiro atoms. The van der Waals surface area contributed by atoms with Crippen molar-refractivity contribution < 1.29 is 32.8 Å². The zero-order valence-electron chi connectivity index (χ0n) is 21.2. The summed E-state index contributed by atoms with van der Waals surface area (Å²) in [5, 5.41) is 11.1. The molecule has 1 aromatic heterocycles. The van der Waals surface area contributed by atoms with Gasteiger partial charge in [-0.3, -0.25) is 4.90 Å². The van der Waals surface area contributed by atoms with Gasteiger partial charge < -0.3 is 28.6 Å². The van der Waals surface area contributed by atoms with Crippen LogP contribution in [0.4, 0.5) is 8.78 Å². The van der Waals surface area contributed by atoms with Crippen molar-refractivity contribution in [2.75, 3.05) is 46.6 Å². The molecule has 1 saturated heterocycles. The maximum Gasteiger partial charge on any atom is 0.162 e. The molecule has 0 radical (unpaired) electrons. The van der Waals surface area contributed by atoms with Crippen molar-refractivity contribution >= 4 is 0 Å². The summed E-state index contributed by atoms with van der Waals surface area (Å²) < 4.78 is 51.5. The van der Waals surface area contributed by atoms with Crippen LogP contribution in [0.2, 0.25) is 0 Å². The van der Waals surface area contributed by atoms with Crippen molar-refractivity contribution in [3.05, 3.63) is 71.8 Å². The number of halogens is 2. The maximum absolute atomic E-state index is 13.5. The standard InChI is InChI=1S/C27H33F2N3O5/c1-3-26-30-8-9-32(26)11-13-36-24-7-4-20(14-25(24)34-2)16-31-10-12-35-18-27(33,17-31)19-37-21-5-6-22(28)23(29)15-21/h4-9,14-15,33H,3,10-13,16-19H2,1-2H3. The zero-order chi connectivity index (χ0) is 26.3. The Morgan fingerprint density at radius 2 is 1.97 bits per heavy atom. The lowest BCUT2D eigenvalue weighted by atomic mass is 10.1. The van der Waals surface area contributed by atoms with Gasteiger partial charge in [-0.15, -0.1) is 0 Å². The summed E-state index contributed by atoms with van der Waals surface area (Å²) in [7, 11) is 1.60. The summed E-state index contributed by atoms with van der Waals surface area (Å²) in [5.74, 6) is 0.481. The SMILES string of the molecule is CCc1nccn1CCOc1ccc(CN2CCOCC(O)(COc3ccc(F)c(F)c3)C2)cc1OC. The van der Waals surface area contributed by atoms with E-state index in [2.05, 4.69) is 21.4 Å². The molecule has 0 amide bonds. The van der Waals surface area contributed by atoms with Gasteiger partial charge in [0.2, 0.25) is 0 Å². The molecule has 1 fully saturated rings. The van der Waals surface area contributed by atoms with Crippen molar-refractivity contribution in [3.63, 3.8) is 0 Å². The second kappa shape index (κ2) is 12.4. The van der Waals surface area contributed by atoms with E-state index < -0.39 is 17.2 Å². The highest BCUT2D eigenvalue weighted by Gasteiger charge is 2.33. The van der Waals surface area contributed by atoms with Crippen molar-refractivity contribution in [3.8, 4) is 17.2 Å². The van der Waals surface area contributed by atoms with Crippen molar-refractivity contribution in [1.29, 1.82) is 0 Å². The summed E-state index contributed by atoms with van der Waals surface area (Å²) in [6.45, 7) is 5.06. The number of aromatic nitrogens is 2. The highest BCUT2D eigenvalue weighted by molar-refractivity contribution is 5.43. The number of hydrogen-bond donors (Lipinski definition) is 1. The second-order valence-electron chi connectivity index (χ2n) is 9.08. The summed E-state index contributed by atoms with van der Waals surface area (Å²) >= 11 is 0. The van der Waals surface area contributed by atoms with E-state index >= 15 is 0 Å². The molecule has 200 valence electrons. The van der Waals surface area contributed by atoms with Gasteiger partial charge in [0.25, 0.3) is 0 Å². The third-order valence-electron chi connectivity index (χ3n) is 6.18. The van der Waals surface area contributed by atoms with E-state index in [-0.39, 0.29) is 25.5 Å². The Kier molecular flexibility index (Phi) is 8.96. The number of rotatable bonds is 11. The fourth-order valence-corrected chi connectivity index (χ4v) is 4.30. The van der Waals surface area contributed by atoms with Gasteiger partial charge in [-0.1, -0.05) is 13.0 Å². The smallest absolute Gasteiger partial charge is 0.162 e. The highest BCUT2D eigenvalue weighted by Crippen LogP contribution is 2.29. The van der Waals surface area contributed by atoms with E-state index in [9.17, 15) is 13.9 Å². The lowest BCUT2D eigenvalue weighted by molar-refractivity contribution is -0.0647. The number of β-amino-alcohol motifs (C(OH)–C–C–N with tert-alkyl or cyclic N) is 1. The molecule has 10 heteroatoms. The zero-order valence-corrected chi connectivity index (χ0v) is 21.2. The first-order chi connectivity index (χ1) is 17.9. The van der Waals surface area contributed by atoms with Crippen LogP contribution < -0.4 is 14.2 Å². The molecule has 0 bridgehead atoms. The fraction of sp³-hybridized carbons (Fsp3) is 0.444. The van der Waals surface area contributed by atoms with Gasteiger partial charge >= 0.3 is 0 Å². The predicted octanol–water partition coefficient (Wildman–Crippen LogP) is 3.45. The Bertz CT molecular complexity index is 1170. The predicted molar refractivity (Wildman–Crippen MR) is 133 cm³/mol. The normalized spacial score (nSPS) is 18.4. The van der Waals surface area contributed by atoms with Crippen LogP contribution >= 0.6 is 0 Å². The first-order valence-corrected chi connectivity index (χ1v) is 12.3. The third kappa shape index (κ3) is 7.18. The number of nitrogens with zero attached hydrogens (tertiary/aromatic N) is 3. The van der Waals surface area contributed by atoms with Crippen LogP contribution in [0.1, 0.15) is 18.3 Å². The van der Waals surface area contributed by atoms with E-state index in [1.165, 1.54) is 6.07 Å². The van der Waals surface area contributed by atoms with Crippen LogP contribution in [0.3, 0.4) is 0 Å². The largest absolute Gasteiger partial charge is 0.493 e. The van der Waals surface area contributed by atoms with Crippen LogP contribution in [-0.2, 0) is 24.2 Å². The molecular weight excluding hydrogens is 484 g/mol. The third-order valence-corrected chi connectivity index (χ3v) is 6.18. The molecule has 1 atom stereocenters. The fourth-order valence-electron chi connectivity index (χ4n) is 4.30. The van der Waals surface area contributed by atoms with E-state index in [0.717, 1.165) is 29.9 Å². The van der Waals surface area contributed by atoms with E-state index in [1.807, 2.05) is 24.4 Å². The van der Waals surface area contributed by atoms with E-state index in [0.29, 0.717) is 44.3 Å². The summed E-state index contributed by atoms with van der Waals surface area (Å²) in [6.07, 6.45) is 4.59. The Morgan fingerprint density at radius 3 is 2.76 bits per heavy atom. The molecule has 1 aliphatic rings. The second-order valence-corrected chi connectivity index (χ2v) is 9.08. The molecule has 1 N–H and O–H groups in total. The number of benzene rings is 2. The quantitative estimate of drug-likeness (QED) is 0.418. The first-order valence-electron chi connectivity index (χ1n) is 12.3. The number of hydrogen-bond acceptors (Lipinski definition) is 7. The minimum absolute atomic E-state index is 0.0694. The molecule has 1 unspecified atom stereocenters. The molecule has 0 aliphatic carbocycles. The van der Waals surface area contributed by atoms with E-state index in [1.54, 1.807) is 13.3 Å². The Labute approximate surface area is 215 Å². The summed E-state index contributed by atoms with van der Waals surface area (Å²) in [4.78, 5) is 6.38. The minimum atomic E-state index is -1.32. The lowest BCUT2D eigenvalue weighted by Crippen LogP contribution is -2.48. The van der Waals surface area contributed by atoms with Gasteiger partial charge in [-0.25, -0.2) is 13.8 Å². The lowest BCUT2D eigenvalue weighted by Gasteiger charge is -2.30. The Hall–Kier alpha value is -3.21. The average molecular weight is 518 g/mol. The first kappa shape index (κ1) is 26.8. The van der Waals surface area contributed by atoms with Crippen LogP contribution in [-0.4, -0.2) is 71.8 Å². The Balaban J connectivity index is 1.35. The van der Waals surface area contributed by atoms with Crippen LogP contribution in [0.5, 0.6) is 17.2 Å². The minimum Gasteiger partial charge on any atom is -0.493 e. The molecule has 1 aliphatic heterocycles. The average Bonchev–Trinajstić information content (AvgIpc) is 3.27. The van der Waals surface area contributed by atoms with Crippen LogP contribution in [0.25, 0.3) is 0 Å². The molecular formula is C27H33F2N3O5. The molecule has 2 heterocycles. The number of imidazole rings is 1. The molecule has 3 aromatic rings. The van der Waals surface area contributed by atoms with Gasteiger partial charge in [0, 0.05) is 44.5 Å². The molecule has 37 heavy (non-hydrogen) atoms. The molecule has 4 rings (SSSR count). The Morgan fingerprint density at radius 1 is 1.11 bits per heavy atom. The summed E-state index contributed by atoms with van der Waals surface area (Å²) in [6, 6.07) is 9.05.